The highest BCUT2D eigenvalue weighted by Gasteiger charge is 2.37. The van der Waals surface area contributed by atoms with Gasteiger partial charge in [0.05, 0.1) is 6.04 Å². The van der Waals surface area contributed by atoms with Gasteiger partial charge in [0, 0.05) is 17.5 Å². The molecular formula is C16H19ClFNO. The van der Waals surface area contributed by atoms with Crippen molar-refractivity contribution in [2.75, 3.05) is 0 Å². The van der Waals surface area contributed by atoms with E-state index in [9.17, 15) is 9.18 Å². The van der Waals surface area contributed by atoms with E-state index in [1.54, 1.807) is 0 Å². The van der Waals surface area contributed by atoms with Gasteiger partial charge in [-0.15, -0.1) is 0 Å². The Bertz CT molecular complexity index is 505. The summed E-state index contributed by atoms with van der Waals surface area (Å²) in [6.07, 6.45) is 6.08. The quantitative estimate of drug-likeness (QED) is 0.924. The molecule has 1 saturated carbocycles. The van der Waals surface area contributed by atoms with Crippen molar-refractivity contribution in [2.24, 2.45) is 5.92 Å². The van der Waals surface area contributed by atoms with Gasteiger partial charge in [-0.1, -0.05) is 24.4 Å². The lowest BCUT2D eigenvalue weighted by Gasteiger charge is -2.24. The van der Waals surface area contributed by atoms with Gasteiger partial charge >= 0.3 is 0 Å². The average Bonchev–Trinajstić information content (AvgIpc) is 2.87. The Labute approximate surface area is 123 Å². The molecule has 2 aliphatic rings. The highest BCUT2D eigenvalue weighted by molar-refractivity contribution is 6.31. The van der Waals surface area contributed by atoms with Gasteiger partial charge in [0.1, 0.15) is 5.82 Å². The number of carbonyl (C=O) groups excluding carboxylic acids is 1. The molecule has 1 aliphatic heterocycles. The Hall–Kier alpha value is -0.930. The van der Waals surface area contributed by atoms with Crippen LogP contribution in [0.1, 0.15) is 37.7 Å². The van der Waals surface area contributed by atoms with Crippen LogP contribution < -0.4 is 5.32 Å². The maximum atomic E-state index is 13.2. The summed E-state index contributed by atoms with van der Waals surface area (Å²) in [7, 11) is 0. The maximum Gasteiger partial charge on any atom is 0.154 e. The Kier molecular flexibility index (Phi) is 4.08. The zero-order valence-corrected chi connectivity index (χ0v) is 12.1. The van der Waals surface area contributed by atoms with Crippen LogP contribution in [0.4, 0.5) is 4.39 Å². The molecule has 1 aromatic carbocycles. The lowest BCUT2D eigenvalue weighted by atomic mass is 9.84. The third kappa shape index (κ3) is 2.89. The van der Waals surface area contributed by atoms with E-state index in [4.69, 9.17) is 11.6 Å². The summed E-state index contributed by atoms with van der Waals surface area (Å²) >= 11 is 6.03. The Morgan fingerprint density at radius 2 is 2.15 bits per heavy atom. The first-order valence-corrected chi connectivity index (χ1v) is 7.74. The predicted molar refractivity (Wildman–Crippen MR) is 77.4 cm³/mol. The average molecular weight is 296 g/mol. The van der Waals surface area contributed by atoms with Crippen LogP contribution in [-0.4, -0.2) is 17.9 Å². The second kappa shape index (κ2) is 5.82. The summed E-state index contributed by atoms with van der Waals surface area (Å²) in [6, 6.07) is 4.62. The molecule has 3 rings (SSSR count). The smallest absolute Gasteiger partial charge is 0.154 e. The van der Waals surface area contributed by atoms with Crippen LogP contribution >= 0.6 is 11.6 Å². The monoisotopic (exact) mass is 295 g/mol. The van der Waals surface area contributed by atoms with Crippen molar-refractivity contribution in [3.63, 3.8) is 0 Å². The maximum absolute atomic E-state index is 13.2. The largest absolute Gasteiger partial charge is 0.304 e. The van der Waals surface area contributed by atoms with Crippen molar-refractivity contribution in [2.45, 2.75) is 50.6 Å². The van der Waals surface area contributed by atoms with Crippen LogP contribution in [0.15, 0.2) is 18.2 Å². The molecule has 1 aliphatic carbocycles. The number of rotatable bonds is 3. The number of carbonyl (C=O) groups is 1. The molecule has 1 saturated heterocycles. The number of hydrogen-bond acceptors (Lipinski definition) is 2. The number of halogens is 2. The fraction of sp³-hybridized carbons (Fsp3) is 0.562. The first-order valence-electron chi connectivity index (χ1n) is 7.36. The second-order valence-electron chi connectivity index (χ2n) is 5.98. The second-order valence-corrected chi connectivity index (χ2v) is 6.39. The van der Waals surface area contributed by atoms with Gasteiger partial charge in [0.15, 0.2) is 5.78 Å². The van der Waals surface area contributed by atoms with Gasteiger partial charge in [0.2, 0.25) is 0 Å². The fourth-order valence-corrected chi connectivity index (χ4v) is 3.74. The van der Waals surface area contributed by atoms with Crippen LogP contribution in [0.5, 0.6) is 0 Å². The molecular weight excluding hydrogens is 277 g/mol. The predicted octanol–water partition coefficient (Wildman–Crippen LogP) is 3.51. The lowest BCUT2D eigenvalue weighted by molar-refractivity contribution is -0.120. The molecule has 0 aromatic heterocycles. The molecule has 4 heteroatoms. The zero-order chi connectivity index (χ0) is 14.1. The summed E-state index contributed by atoms with van der Waals surface area (Å²) in [4.78, 5) is 12.4. The fourth-order valence-electron chi connectivity index (χ4n) is 3.55. The van der Waals surface area contributed by atoms with Gasteiger partial charge in [-0.05, 0) is 48.9 Å². The number of fused-ring (bicyclic) bond motifs is 1. The van der Waals surface area contributed by atoms with Gasteiger partial charge in [-0.2, -0.15) is 0 Å². The van der Waals surface area contributed by atoms with Crippen LogP contribution in [0.25, 0.3) is 0 Å². The van der Waals surface area contributed by atoms with Crippen molar-refractivity contribution >= 4 is 17.4 Å². The van der Waals surface area contributed by atoms with E-state index in [2.05, 4.69) is 5.32 Å². The Morgan fingerprint density at radius 3 is 2.95 bits per heavy atom. The summed E-state index contributed by atoms with van der Waals surface area (Å²) in [5.41, 5.74) is 0.591. The number of hydrogen-bond donors (Lipinski definition) is 1. The zero-order valence-electron chi connectivity index (χ0n) is 11.4. The Balaban J connectivity index is 1.66. The summed E-state index contributed by atoms with van der Waals surface area (Å²) in [6.45, 7) is 0. The minimum Gasteiger partial charge on any atom is -0.304 e. The van der Waals surface area contributed by atoms with Gasteiger partial charge in [-0.25, -0.2) is 4.39 Å². The van der Waals surface area contributed by atoms with E-state index in [0.717, 1.165) is 6.42 Å². The standard InChI is InChI=1S/C16H19ClFNO/c17-13-6-5-12(18)7-11(13)9-16(20)15-8-10-3-1-2-4-14(10)19-15/h5-7,10,14-15,19H,1-4,8-9H2. The van der Waals surface area contributed by atoms with Gasteiger partial charge < -0.3 is 5.32 Å². The number of ketones is 1. The molecule has 0 spiro atoms. The highest BCUT2D eigenvalue weighted by atomic mass is 35.5. The molecule has 3 unspecified atom stereocenters. The summed E-state index contributed by atoms with van der Waals surface area (Å²) < 4.78 is 13.2. The molecule has 20 heavy (non-hydrogen) atoms. The molecule has 1 N–H and O–H groups in total. The number of nitrogens with one attached hydrogen (secondary N) is 1. The molecule has 108 valence electrons. The molecule has 1 heterocycles. The first-order chi connectivity index (χ1) is 9.63. The Morgan fingerprint density at radius 1 is 1.35 bits per heavy atom. The molecule has 0 radical (unpaired) electrons. The van der Waals surface area contributed by atoms with E-state index in [0.29, 0.717) is 22.5 Å². The summed E-state index contributed by atoms with van der Waals surface area (Å²) in [5.74, 6) is 0.429. The van der Waals surface area contributed by atoms with E-state index in [-0.39, 0.29) is 24.1 Å². The highest BCUT2D eigenvalue weighted by Crippen LogP contribution is 2.33. The van der Waals surface area contributed by atoms with Crippen molar-refractivity contribution in [1.82, 2.24) is 5.32 Å². The SMILES string of the molecule is O=C(Cc1cc(F)ccc1Cl)C1CC2CCCCC2N1. The molecule has 1 aromatic rings. The van der Waals surface area contributed by atoms with Crippen molar-refractivity contribution in [3.8, 4) is 0 Å². The van der Waals surface area contributed by atoms with Gasteiger partial charge in [-0.3, -0.25) is 4.79 Å². The lowest BCUT2D eigenvalue weighted by Crippen LogP contribution is -2.37. The number of benzene rings is 1. The van der Waals surface area contributed by atoms with Crippen LogP contribution in [0.2, 0.25) is 5.02 Å². The minimum absolute atomic E-state index is 0.0811. The third-order valence-corrected chi connectivity index (χ3v) is 4.99. The van der Waals surface area contributed by atoms with E-state index in [1.807, 2.05) is 0 Å². The van der Waals surface area contributed by atoms with Crippen molar-refractivity contribution < 1.29 is 9.18 Å². The van der Waals surface area contributed by atoms with Crippen molar-refractivity contribution in [3.05, 3.63) is 34.6 Å². The first kappa shape index (κ1) is 14.0. The van der Waals surface area contributed by atoms with Crippen LogP contribution in [0.3, 0.4) is 0 Å². The normalized spacial score (nSPS) is 29.2. The van der Waals surface area contributed by atoms with E-state index < -0.39 is 0 Å². The molecule has 2 nitrogen and oxygen atoms in total. The number of Topliss-reactive ketones (excluding diaryl/α,β-unsaturated/α-hetero) is 1. The molecule has 0 amide bonds. The van der Waals surface area contributed by atoms with Gasteiger partial charge in [0.25, 0.3) is 0 Å². The van der Waals surface area contributed by atoms with Crippen molar-refractivity contribution in [1.29, 1.82) is 0 Å². The third-order valence-electron chi connectivity index (χ3n) is 4.62. The van der Waals surface area contributed by atoms with E-state index >= 15 is 0 Å². The summed E-state index contributed by atoms with van der Waals surface area (Å²) in [5, 5.41) is 3.93. The van der Waals surface area contributed by atoms with E-state index in [1.165, 1.54) is 43.9 Å². The van der Waals surface area contributed by atoms with Crippen LogP contribution in [-0.2, 0) is 11.2 Å². The molecule has 0 bridgehead atoms. The van der Waals surface area contributed by atoms with Crippen LogP contribution in [0, 0.1) is 11.7 Å². The topological polar surface area (TPSA) is 29.1 Å². The molecule has 3 atom stereocenters. The molecule has 2 fully saturated rings. The minimum atomic E-state index is -0.342.